The minimum Gasteiger partial charge on any atom is -0.481 e. The van der Waals surface area contributed by atoms with Crippen molar-refractivity contribution >= 4 is 31.9 Å². The van der Waals surface area contributed by atoms with Gasteiger partial charge in [0.15, 0.2) is 0 Å². The molecule has 1 aromatic rings. The van der Waals surface area contributed by atoms with E-state index in [0.717, 1.165) is 4.31 Å². The summed E-state index contributed by atoms with van der Waals surface area (Å²) in [4.78, 5) is 10.7. The molecule has 108 valence electrons. The normalized spacial score (nSPS) is 12.9. The summed E-state index contributed by atoms with van der Waals surface area (Å²) in [5, 5.41) is 17.7. The maximum atomic E-state index is 12.3. The van der Waals surface area contributed by atoms with Gasteiger partial charge in [-0.25, -0.2) is 12.7 Å². The smallest absolute Gasteiger partial charge is 0.307 e. The first kappa shape index (κ1) is 16.6. The molecule has 6 nitrogen and oxygen atoms in total. The predicted molar refractivity (Wildman–Crippen MR) is 75.5 cm³/mol. The molecule has 0 aliphatic carbocycles. The van der Waals surface area contributed by atoms with E-state index in [-0.39, 0.29) is 17.0 Å². The monoisotopic (exact) mass is 360 g/mol. The van der Waals surface area contributed by atoms with Crippen LogP contribution in [0.25, 0.3) is 0 Å². The highest BCUT2D eigenvalue weighted by Gasteiger charge is 2.25. The van der Waals surface area contributed by atoms with Gasteiger partial charge < -0.3 is 5.11 Å². The molecule has 8 heteroatoms. The third-order valence-electron chi connectivity index (χ3n) is 2.66. The first-order valence-electron chi connectivity index (χ1n) is 5.58. The Hall–Kier alpha value is -1.43. The molecule has 0 aliphatic heterocycles. The second-order valence-corrected chi connectivity index (χ2v) is 7.27. The highest BCUT2D eigenvalue weighted by molar-refractivity contribution is 9.10. The molecule has 0 bridgehead atoms. The molecule has 0 saturated carbocycles. The summed E-state index contributed by atoms with van der Waals surface area (Å²) >= 11 is 3.14. The van der Waals surface area contributed by atoms with Crippen molar-refractivity contribution in [2.45, 2.75) is 11.8 Å². The number of sulfonamides is 1. The Morgan fingerprint density at radius 3 is 2.60 bits per heavy atom. The van der Waals surface area contributed by atoms with Crippen LogP contribution in [0.15, 0.2) is 27.6 Å². The molecule has 0 aromatic heterocycles. The van der Waals surface area contributed by atoms with E-state index in [2.05, 4.69) is 15.9 Å². The minimum absolute atomic E-state index is 0.0523. The standard InChI is InChI=1S/C12H13BrN2O4S/c1-8(12(16)17)7-15(2)20(18,19)11-4-9(6-14)3-10(13)5-11/h3-5,8H,7H2,1-2H3,(H,16,17). The predicted octanol–water partition coefficient (Wildman–Crippen LogP) is 1.66. The number of carbonyl (C=O) groups is 1. The number of nitrogens with zero attached hydrogens (tertiary/aromatic N) is 2. The van der Waals surface area contributed by atoms with Crippen molar-refractivity contribution in [2.24, 2.45) is 5.92 Å². The largest absolute Gasteiger partial charge is 0.481 e. The number of hydrogen-bond acceptors (Lipinski definition) is 4. The van der Waals surface area contributed by atoms with Gasteiger partial charge in [-0.05, 0) is 18.2 Å². The number of nitriles is 1. The van der Waals surface area contributed by atoms with Crippen molar-refractivity contribution in [1.82, 2.24) is 4.31 Å². The first-order valence-corrected chi connectivity index (χ1v) is 7.81. The number of carboxylic acids is 1. The van der Waals surface area contributed by atoms with Crippen LogP contribution >= 0.6 is 15.9 Å². The van der Waals surface area contributed by atoms with Crippen LogP contribution in [0.3, 0.4) is 0 Å². The van der Waals surface area contributed by atoms with Crippen molar-refractivity contribution < 1.29 is 18.3 Å². The molecule has 0 saturated heterocycles. The Morgan fingerprint density at radius 1 is 1.50 bits per heavy atom. The van der Waals surface area contributed by atoms with Gasteiger partial charge in [0, 0.05) is 18.1 Å². The third-order valence-corrected chi connectivity index (χ3v) is 4.92. The summed E-state index contributed by atoms with van der Waals surface area (Å²) < 4.78 is 26.1. The fourth-order valence-electron chi connectivity index (χ4n) is 1.52. The van der Waals surface area contributed by atoms with E-state index in [0.29, 0.717) is 4.47 Å². The van der Waals surface area contributed by atoms with E-state index >= 15 is 0 Å². The summed E-state index contributed by atoms with van der Waals surface area (Å²) in [5.41, 5.74) is 0.206. The van der Waals surface area contributed by atoms with Gasteiger partial charge in [-0.15, -0.1) is 0 Å². The zero-order chi connectivity index (χ0) is 15.5. The summed E-state index contributed by atoms with van der Waals surface area (Å²) in [6.07, 6.45) is 0. The molecule has 0 heterocycles. The van der Waals surface area contributed by atoms with Crippen LogP contribution in [0.1, 0.15) is 12.5 Å². The van der Waals surface area contributed by atoms with Crippen molar-refractivity contribution in [2.75, 3.05) is 13.6 Å². The topological polar surface area (TPSA) is 98.5 Å². The summed E-state index contributed by atoms with van der Waals surface area (Å²) in [5.74, 6) is -1.89. The molecule has 0 amide bonds. The fourth-order valence-corrected chi connectivity index (χ4v) is 3.49. The first-order chi connectivity index (χ1) is 9.18. The van der Waals surface area contributed by atoms with E-state index in [1.165, 1.54) is 32.2 Å². The number of halogens is 1. The Bertz CT molecular complexity index is 667. The van der Waals surface area contributed by atoms with Crippen LogP contribution in [-0.2, 0) is 14.8 Å². The summed E-state index contributed by atoms with van der Waals surface area (Å²) in [6, 6.07) is 6.00. The molecule has 20 heavy (non-hydrogen) atoms. The van der Waals surface area contributed by atoms with Crippen LogP contribution in [0.4, 0.5) is 0 Å². The Labute approximate surface area is 125 Å². The van der Waals surface area contributed by atoms with Crippen LogP contribution in [0.2, 0.25) is 0 Å². The molecule has 1 unspecified atom stereocenters. The number of rotatable bonds is 5. The van der Waals surface area contributed by atoms with Crippen molar-refractivity contribution in [1.29, 1.82) is 5.26 Å². The average molecular weight is 361 g/mol. The van der Waals surface area contributed by atoms with E-state index in [4.69, 9.17) is 10.4 Å². The molecule has 1 atom stereocenters. The average Bonchev–Trinajstić information content (AvgIpc) is 2.37. The summed E-state index contributed by atoms with van der Waals surface area (Å²) in [6.45, 7) is 1.28. The fraction of sp³-hybridized carbons (Fsp3) is 0.333. The Kier molecular flexibility index (Phi) is 5.28. The van der Waals surface area contributed by atoms with Crippen LogP contribution < -0.4 is 0 Å². The highest BCUT2D eigenvalue weighted by atomic mass is 79.9. The van der Waals surface area contributed by atoms with Crippen LogP contribution in [0, 0.1) is 17.2 Å². The van der Waals surface area contributed by atoms with E-state index in [1.54, 1.807) is 0 Å². The minimum atomic E-state index is -3.83. The second kappa shape index (κ2) is 6.35. The molecule has 1 aromatic carbocycles. The Morgan fingerprint density at radius 2 is 2.10 bits per heavy atom. The van der Waals surface area contributed by atoms with Crippen molar-refractivity contribution in [3.05, 3.63) is 28.2 Å². The van der Waals surface area contributed by atoms with Gasteiger partial charge in [0.25, 0.3) is 0 Å². The van der Waals surface area contributed by atoms with Gasteiger partial charge >= 0.3 is 5.97 Å². The lowest BCUT2D eigenvalue weighted by molar-refractivity contribution is -0.141. The number of carboxylic acid groups (broad SMARTS) is 1. The Balaban J connectivity index is 3.14. The molecule has 1 rings (SSSR count). The van der Waals surface area contributed by atoms with Gasteiger partial charge in [0.05, 0.1) is 22.4 Å². The number of benzene rings is 1. The van der Waals surface area contributed by atoms with E-state index < -0.39 is 21.9 Å². The van der Waals surface area contributed by atoms with Crippen molar-refractivity contribution in [3.8, 4) is 6.07 Å². The quantitative estimate of drug-likeness (QED) is 0.860. The maximum Gasteiger partial charge on any atom is 0.307 e. The highest BCUT2D eigenvalue weighted by Crippen LogP contribution is 2.22. The lowest BCUT2D eigenvalue weighted by Gasteiger charge is -2.19. The van der Waals surface area contributed by atoms with Gasteiger partial charge in [0.2, 0.25) is 10.0 Å². The van der Waals surface area contributed by atoms with Gasteiger partial charge in [0.1, 0.15) is 0 Å². The molecule has 1 N–H and O–H groups in total. The van der Waals surface area contributed by atoms with Gasteiger partial charge in [-0.2, -0.15) is 5.26 Å². The second-order valence-electron chi connectivity index (χ2n) is 4.31. The maximum absolute atomic E-state index is 12.3. The lowest BCUT2D eigenvalue weighted by atomic mass is 10.2. The molecule has 0 radical (unpaired) electrons. The van der Waals surface area contributed by atoms with E-state index in [9.17, 15) is 13.2 Å². The zero-order valence-corrected chi connectivity index (χ0v) is 13.3. The van der Waals surface area contributed by atoms with Crippen molar-refractivity contribution in [3.63, 3.8) is 0 Å². The van der Waals surface area contributed by atoms with Crippen LogP contribution in [0.5, 0.6) is 0 Å². The van der Waals surface area contributed by atoms with E-state index in [1.807, 2.05) is 6.07 Å². The molecular formula is C12H13BrN2O4S. The molecule has 0 fully saturated rings. The SMILES string of the molecule is CC(CN(C)S(=O)(=O)c1cc(Br)cc(C#N)c1)C(=O)O. The third kappa shape index (κ3) is 3.79. The van der Waals surface area contributed by atoms with Crippen LogP contribution in [-0.4, -0.2) is 37.4 Å². The molecule has 0 aliphatic rings. The lowest BCUT2D eigenvalue weighted by Crippen LogP contribution is -2.33. The van der Waals surface area contributed by atoms with Gasteiger partial charge in [-0.3, -0.25) is 4.79 Å². The van der Waals surface area contributed by atoms with Gasteiger partial charge in [-0.1, -0.05) is 22.9 Å². The molecule has 0 spiro atoms. The summed E-state index contributed by atoms with van der Waals surface area (Å²) in [7, 11) is -2.53. The number of aliphatic carboxylic acids is 1. The zero-order valence-electron chi connectivity index (χ0n) is 10.9. The molecular weight excluding hydrogens is 348 g/mol. The number of hydrogen-bond donors (Lipinski definition) is 1.